The van der Waals surface area contributed by atoms with Crippen LogP contribution in [0.25, 0.3) is 0 Å². The molecule has 1 N–H and O–H groups in total. The van der Waals surface area contributed by atoms with Crippen LogP contribution in [0, 0.1) is 22.2 Å². The standard InChI is InChI=1S/C12H20N2O/c1-4-5-11(2,3)9-14-10(15)12(8-13)6-7-12/h4-7,9H2,1-3H3,(H,14,15). The van der Waals surface area contributed by atoms with Crippen LogP contribution in [0.2, 0.25) is 0 Å². The summed E-state index contributed by atoms with van der Waals surface area (Å²) in [6, 6.07) is 2.11. The molecule has 0 aliphatic heterocycles. The van der Waals surface area contributed by atoms with Gasteiger partial charge in [-0.1, -0.05) is 27.2 Å². The molecule has 0 aromatic rings. The first-order valence-corrected chi connectivity index (χ1v) is 5.65. The molecule has 0 radical (unpaired) electrons. The molecule has 0 bridgehead atoms. The zero-order chi connectivity index (χ0) is 11.5. The fourth-order valence-corrected chi connectivity index (χ4v) is 1.77. The molecule has 15 heavy (non-hydrogen) atoms. The molecule has 84 valence electrons. The highest BCUT2D eigenvalue weighted by Crippen LogP contribution is 2.45. The van der Waals surface area contributed by atoms with Crippen LogP contribution in [0.4, 0.5) is 0 Å². The third-order valence-corrected chi connectivity index (χ3v) is 3.05. The molecule has 0 saturated heterocycles. The molecule has 1 amide bonds. The van der Waals surface area contributed by atoms with Crippen LogP contribution >= 0.6 is 0 Å². The predicted molar refractivity (Wildman–Crippen MR) is 59.0 cm³/mol. The minimum atomic E-state index is -0.678. The van der Waals surface area contributed by atoms with Crippen molar-refractivity contribution in [2.75, 3.05) is 6.54 Å². The first kappa shape index (κ1) is 12.0. The zero-order valence-electron chi connectivity index (χ0n) is 9.89. The molecule has 3 nitrogen and oxygen atoms in total. The average molecular weight is 208 g/mol. The molecule has 0 heterocycles. The summed E-state index contributed by atoms with van der Waals surface area (Å²) in [5.74, 6) is -0.0748. The minimum absolute atomic E-state index is 0.0748. The lowest BCUT2D eigenvalue weighted by molar-refractivity contribution is -0.124. The number of hydrogen-bond acceptors (Lipinski definition) is 2. The largest absolute Gasteiger partial charge is 0.354 e. The van der Waals surface area contributed by atoms with E-state index in [1.165, 1.54) is 0 Å². The second-order valence-electron chi connectivity index (χ2n) is 5.29. The Morgan fingerprint density at radius 3 is 2.53 bits per heavy atom. The Hall–Kier alpha value is -1.04. The fraction of sp³-hybridized carbons (Fsp3) is 0.833. The van der Waals surface area contributed by atoms with Crippen LogP contribution in [0.5, 0.6) is 0 Å². The number of rotatable bonds is 5. The second-order valence-corrected chi connectivity index (χ2v) is 5.29. The van der Waals surface area contributed by atoms with Crippen LogP contribution < -0.4 is 5.32 Å². The summed E-state index contributed by atoms with van der Waals surface area (Å²) in [7, 11) is 0. The third kappa shape index (κ3) is 2.95. The highest BCUT2D eigenvalue weighted by atomic mass is 16.2. The van der Waals surface area contributed by atoms with Crippen molar-refractivity contribution in [3.63, 3.8) is 0 Å². The molecule has 1 aliphatic carbocycles. The lowest BCUT2D eigenvalue weighted by Gasteiger charge is -2.24. The van der Waals surface area contributed by atoms with Gasteiger partial charge >= 0.3 is 0 Å². The van der Waals surface area contributed by atoms with Crippen molar-refractivity contribution >= 4 is 5.91 Å². The van der Waals surface area contributed by atoms with Crippen molar-refractivity contribution in [2.45, 2.75) is 46.5 Å². The van der Waals surface area contributed by atoms with Gasteiger partial charge in [-0.15, -0.1) is 0 Å². The van der Waals surface area contributed by atoms with Gasteiger partial charge in [-0.05, 0) is 24.7 Å². The molecular weight excluding hydrogens is 188 g/mol. The van der Waals surface area contributed by atoms with E-state index in [0.717, 1.165) is 25.7 Å². The summed E-state index contributed by atoms with van der Waals surface area (Å²) in [5, 5.41) is 11.7. The Balaban J connectivity index is 2.38. The second kappa shape index (κ2) is 4.22. The van der Waals surface area contributed by atoms with Gasteiger partial charge in [0.2, 0.25) is 5.91 Å². The van der Waals surface area contributed by atoms with Gasteiger partial charge in [-0.3, -0.25) is 4.79 Å². The van der Waals surface area contributed by atoms with E-state index < -0.39 is 5.41 Å². The topological polar surface area (TPSA) is 52.9 Å². The number of carbonyl (C=O) groups excluding carboxylic acids is 1. The summed E-state index contributed by atoms with van der Waals surface area (Å²) >= 11 is 0. The summed E-state index contributed by atoms with van der Waals surface area (Å²) in [5.41, 5.74) is -0.543. The first-order valence-electron chi connectivity index (χ1n) is 5.65. The molecule has 0 aromatic carbocycles. The maximum Gasteiger partial charge on any atom is 0.240 e. The van der Waals surface area contributed by atoms with E-state index in [1.807, 2.05) is 0 Å². The van der Waals surface area contributed by atoms with Gasteiger partial charge in [0.25, 0.3) is 0 Å². The van der Waals surface area contributed by atoms with Crippen LogP contribution in [-0.4, -0.2) is 12.5 Å². The number of nitriles is 1. The number of hydrogen-bond donors (Lipinski definition) is 1. The molecular formula is C12H20N2O. The highest BCUT2D eigenvalue weighted by molar-refractivity contribution is 5.88. The van der Waals surface area contributed by atoms with Crippen molar-refractivity contribution in [2.24, 2.45) is 10.8 Å². The van der Waals surface area contributed by atoms with E-state index >= 15 is 0 Å². The van der Waals surface area contributed by atoms with Crippen LogP contribution in [-0.2, 0) is 4.79 Å². The Kier molecular flexibility index (Phi) is 3.38. The van der Waals surface area contributed by atoms with Gasteiger partial charge in [-0.2, -0.15) is 5.26 Å². The van der Waals surface area contributed by atoms with Gasteiger partial charge in [0.05, 0.1) is 6.07 Å². The average Bonchev–Trinajstić information content (AvgIpc) is 2.95. The normalized spacial score (nSPS) is 18.0. The van der Waals surface area contributed by atoms with Crippen molar-refractivity contribution in [1.82, 2.24) is 5.32 Å². The van der Waals surface area contributed by atoms with Crippen LogP contribution in [0.1, 0.15) is 46.5 Å². The zero-order valence-corrected chi connectivity index (χ0v) is 9.89. The van der Waals surface area contributed by atoms with Gasteiger partial charge in [0, 0.05) is 6.54 Å². The van der Waals surface area contributed by atoms with E-state index in [2.05, 4.69) is 32.2 Å². The van der Waals surface area contributed by atoms with E-state index in [1.54, 1.807) is 0 Å². The SMILES string of the molecule is CCCC(C)(C)CNC(=O)C1(C#N)CC1. The first-order chi connectivity index (χ1) is 6.96. The van der Waals surface area contributed by atoms with Crippen molar-refractivity contribution in [1.29, 1.82) is 5.26 Å². The van der Waals surface area contributed by atoms with Gasteiger partial charge in [0.15, 0.2) is 0 Å². The number of nitrogens with zero attached hydrogens (tertiary/aromatic N) is 1. The molecule has 0 unspecified atom stereocenters. The van der Waals surface area contributed by atoms with Crippen molar-refractivity contribution < 1.29 is 4.79 Å². The van der Waals surface area contributed by atoms with Crippen LogP contribution in [0.15, 0.2) is 0 Å². The lowest BCUT2D eigenvalue weighted by atomic mass is 9.88. The monoisotopic (exact) mass is 208 g/mol. The summed E-state index contributed by atoms with van der Waals surface area (Å²) in [6.45, 7) is 7.09. The molecule has 1 rings (SSSR count). The van der Waals surface area contributed by atoms with Crippen molar-refractivity contribution in [3.8, 4) is 6.07 Å². The molecule has 0 atom stereocenters. The smallest absolute Gasteiger partial charge is 0.240 e. The van der Waals surface area contributed by atoms with Crippen molar-refractivity contribution in [3.05, 3.63) is 0 Å². The van der Waals surface area contributed by atoms with E-state index in [0.29, 0.717) is 6.54 Å². The van der Waals surface area contributed by atoms with E-state index in [-0.39, 0.29) is 11.3 Å². The van der Waals surface area contributed by atoms with E-state index in [4.69, 9.17) is 5.26 Å². The minimum Gasteiger partial charge on any atom is -0.354 e. The Bertz CT molecular complexity index is 284. The fourth-order valence-electron chi connectivity index (χ4n) is 1.77. The van der Waals surface area contributed by atoms with Gasteiger partial charge < -0.3 is 5.32 Å². The quantitative estimate of drug-likeness (QED) is 0.753. The maximum atomic E-state index is 11.7. The molecule has 1 fully saturated rings. The highest BCUT2D eigenvalue weighted by Gasteiger charge is 2.50. The Morgan fingerprint density at radius 1 is 1.53 bits per heavy atom. The molecule has 1 saturated carbocycles. The van der Waals surface area contributed by atoms with Gasteiger partial charge in [0.1, 0.15) is 5.41 Å². The molecule has 0 aromatic heterocycles. The predicted octanol–water partition coefficient (Wildman–Crippen LogP) is 2.23. The number of carbonyl (C=O) groups is 1. The third-order valence-electron chi connectivity index (χ3n) is 3.05. The molecule has 3 heteroatoms. The maximum absolute atomic E-state index is 11.7. The summed E-state index contributed by atoms with van der Waals surface area (Å²) in [6.07, 6.45) is 3.66. The number of amides is 1. The molecule has 1 aliphatic rings. The summed E-state index contributed by atoms with van der Waals surface area (Å²) in [4.78, 5) is 11.7. The Morgan fingerprint density at radius 2 is 2.13 bits per heavy atom. The molecule has 0 spiro atoms. The number of nitrogens with one attached hydrogen (secondary N) is 1. The van der Waals surface area contributed by atoms with E-state index in [9.17, 15) is 4.79 Å². The Labute approximate surface area is 91.9 Å². The van der Waals surface area contributed by atoms with Gasteiger partial charge in [-0.25, -0.2) is 0 Å². The summed E-state index contributed by atoms with van der Waals surface area (Å²) < 4.78 is 0. The van der Waals surface area contributed by atoms with Crippen LogP contribution in [0.3, 0.4) is 0 Å². The lowest BCUT2D eigenvalue weighted by Crippen LogP contribution is -2.38.